The van der Waals surface area contributed by atoms with Gasteiger partial charge < -0.3 is 26.0 Å². The Bertz CT molecular complexity index is 958. The molecule has 1 aliphatic rings. The fourth-order valence-electron chi connectivity index (χ4n) is 3.57. The van der Waals surface area contributed by atoms with Crippen LogP contribution in [0.25, 0.3) is 0 Å². The Morgan fingerprint density at radius 2 is 2.00 bits per heavy atom. The molecule has 2 rings (SSSR count). The number of carbonyl (C=O) groups is 5. The summed E-state index contributed by atoms with van der Waals surface area (Å²) in [4.78, 5) is 63.6. The number of rotatable bonds is 10. The van der Waals surface area contributed by atoms with Gasteiger partial charge in [-0.3, -0.25) is 24.0 Å². The molecule has 4 amide bonds. The number of hydrogen-bond donors (Lipinski definition) is 4. The molecule has 0 spiro atoms. The van der Waals surface area contributed by atoms with E-state index in [1.807, 2.05) is 6.92 Å². The quantitative estimate of drug-likeness (QED) is 0.312. The Labute approximate surface area is 192 Å². The van der Waals surface area contributed by atoms with Crippen molar-refractivity contribution in [2.75, 3.05) is 17.2 Å². The summed E-state index contributed by atoms with van der Waals surface area (Å²) in [6.45, 7) is 5.39. The van der Waals surface area contributed by atoms with E-state index in [0.29, 0.717) is 12.2 Å². The number of benzene rings is 1. The summed E-state index contributed by atoms with van der Waals surface area (Å²) >= 11 is 0. The molecular formula is C23H30N4O6. The fourth-order valence-corrected chi connectivity index (χ4v) is 3.57. The van der Waals surface area contributed by atoms with Gasteiger partial charge in [0, 0.05) is 25.6 Å². The molecule has 10 heteroatoms. The molecule has 33 heavy (non-hydrogen) atoms. The lowest BCUT2D eigenvalue weighted by Crippen LogP contribution is -2.55. The number of nitrogens with one attached hydrogen (secondary N) is 3. The van der Waals surface area contributed by atoms with Crippen molar-refractivity contribution in [1.29, 1.82) is 0 Å². The van der Waals surface area contributed by atoms with Crippen molar-refractivity contribution in [2.24, 2.45) is 0 Å². The van der Waals surface area contributed by atoms with Gasteiger partial charge in [-0.15, -0.1) is 0 Å². The van der Waals surface area contributed by atoms with Gasteiger partial charge in [0.1, 0.15) is 12.1 Å². The third kappa shape index (κ3) is 6.64. The summed E-state index contributed by atoms with van der Waals surface area (Å²) in [5.41, 5.74) is 0.651. The minimum atomic E-state index is -1.19. The summed E-state index contributed by atoms with van der Waals surface area (Å²) in [6, 6.07) is 2.13. The monoisotopic (exact) mass is 458 g/mol. The number of amides is 4. The molecule has 0 aromatic heterocycles. The normalized spacial score (nSPS) is 16.6. The first-order valence-electron chi connectivity index (χ1n) is 10.9. The van der Waals surface area contributed by atoms with Crippen LogP contribution in [0, 0.1) is 0 Å². The van der Waals surface area contributed by atoms with Crippen LogP contribution >= 0.6 is 0 Å². The summed E-state index contributed by atoms with van der Waals surface area (Å²) in [6.07, 6.45) is 4.17. The van der Waals surface area contributed by atoms with Crippen molar-refractivity contribution in [3.8, 4) is 0 Å². The first-order chi connectivity index (χ1) is 15.7. The zero-order valence-electron chi connectivity index (χ0n) is 19.0. The van der Waals surface area contributed by atoms with E-state index in [0.717, 1.165) is 17.7 Å². The third-order valence-corrected chi connectivity index (χ3v) is 5.11. The molecular weight excluding hydrogens is 428 g/mol. The molecule has 178 valence electrons. The maximum Gasteiger partial charge on any atom is 0.303 e. The Hall–Kier alpha value is -3.69. The third-order valence-electron chi connectivity index (χ3n) is 5.11. The van der Waals surface area contributed by atoms with E-state index in [4.69, 9.17) is 0 Å². The molecule has 1 aromatic rings. The molecule has 0 saturated carbocycles. The highest BCUT2D eigenvalue weighted by atomic mass is 16.4. The minimum Gasteiger partial charge on any atom is -0.481 e. The minimum absolute atomic E-state index is 0.0864. The molecule has 0 radical (unpaired) electrons. The number of aliphatic carboxylic acids is 1. The van der Waals surface area contributed by atoms with Crippen LogP contribution in [-0.4, -0.2) is 58.2 Å². The van der Waals surface area contributed by atoms with E-state index >= 15 is 0 Å². The number of carbonyl (C=O) groups excluding carboxylic acids is 4. The van der Waals surface area contributed by atoms with Crippen molar-refractivity contribution in [3.63, 3.8) is 0 Å². The zero-order valence-corrected chi connectivity index (χ0v) is 19.0. The largest absolute Gasteiger partial charge is 0.481 e. The summed E-state index contributed by atoms with van der Waals surface area (Å²) < 4.78 is 0. The van der Waals surface area contributed by atoms with Gasteiger partial charge in [0.2, 0.25) is 17.7 Å². The molecule has 10 nitrogen and oxygen atoms in total. The molecule has 1 heterocycles. The van der Waals surface area contributed by atoms with Gasteiger partial charge in [-0.2, -0.15) is 0 Å². The maximum atomic E-state index is 13.7. The number of nitrogens with zero attached hydrogens (tertiary/aromatic N) is 1. The highest BCUT2D eigenvalue weighted by Gasteiger charge is 2.41. The lowest BCUT2D eigenvalue weighted by molar-refractivity contribution is -0.137. The maximum absolute atomic E-state index is 13.7. The van der Waals surface area contributed by atoms with Crippen LogP contribution in [-0.2, 0) is 19.2 Å². The van der Waals surface area contributed by atoms with Crippen molar-refractivity contribution < 1.29 is 29.1 Å². The lowest BCUT2D eigenvalue weighted by Gasteiger charge is -2.33. The number of fused-ring (bicyclic) bond motifs is 1. The van der Waals surface area contributed by atoms with E-state index < -0.39 is 35.8 Å². The van der Waals surface area contributed by atoms with Crippen molar-refractivity contribution in [3.05, 3.63) is 35.9 Å². The second-order valence-electron chi connectivity index (χ2n) is 7.71. The van der Waals surface area contributed by atoms with E-state index in [2.05, 4.69) is 16.0 Å². The summed E-state index contributed by atoms with van der Waals surface area (Å²) in [7, 11) is 0. The van der Waals surface area contributed by atoms with Gasteiger partial charge in [0.05, 0.1) is 11.3 Å². The number of carboxylic acid groups (broad SMARTS) is 1. The first kappa shape index (κ1) is 25.6. The molecule has 0 aliphatic carbocycles. The average molecular weight is 459 g/mol. The molecule has 4 N–H and O–H groups in total. The van der Waals surface area contributed by atoms with Crippen LogP contribution in [0.2, 0.25) is 0 Å². The van der Waals surface area contributed by atoms with Crippen LogP contribution in [0.3, 0.4) is 0 Å². The Kier molecular flexibility index (Phi) is 9.14. The van der Waals surface area contributed by atoms with Crippen molar-refractivity contribution in [2.45, 2.75) is 58.5 Å². The molecule has 1 aliphatic heterocycles. The molecule has 2 atom stereocenters. The Balaban J connectivity index is 2.56. The Morgan fingerprint density at radius 1 is 1.27 bits per heavy atom. The lowest BCUT2D eigenvalue weighted by atomic mass is 10.0. The predicted molar refractivity (Wildman–Crippen MR) is 123 cm³/mol. The van der Waals surface area contributed by atoms with Crippen LogP contribution in [0.15, 0.2) is 30.4 Å². The number of unbranched alkanes of at least 4 members (excludes halogenated alkanes) is 1. The van der Waals surface area contributed by atoms with Gasteiger partial charge in [-0.1, -0.05) is 25.5 Å². The van der Waals surface area contributed by atoms with Gasteiger partial charge in [0.15, 0.2) is 0 Å². The topological polar surface area (TPSA) is 145 Å². The van der Waals surface area contributed by atoms with Gasteiger partial charge in [0.25, 0.3) is 5.91 Å². The summed E-state index contributed by atoms with van der Waals surface area (Å²) in [5.74, 6) is -3.14. The molecule has 0 bridgehead atoms. The van der Waals surface area contributed by atoms with Crippen LogP contribution < -0.4 is 16.0 Å². The van der Waals surface area contributed by atoms with Crippen LogP contribution in [0.4, 0.5) is 11.4 Å². The van der Waals surface area contributed by atoms with Gasteiger partial charge in [-0.25, -0.2) is 0 Å². The second-order valence-corrected chi connectivity index (χ2v) is 7.71. The predicted octanol–water partition coefficient (Wildman–Crippen LogP) is 2.13. The van der Waals surface area contributed by atoms with Gasteiger partial charge in [-0.05, 0) is 38.0 Å². The number of anilines is 2. The molecule has 1 aromatic carbocycles. The van der Waals surface area contributed by atoms with E-state index in [1.165, 1.54) is 31.2 Å². The first-order valence-corrected chi connectivity index (χ1v) is 10.9. The van der Waals surface area contributed by atoms with E-state index in [9.17, 15) is 29.1 Å². The fraction of sp³-hybridized carbons (Fsp3) is 0.435. The van der Waals surface area contributed by atoms with Crippen molar-refractivity contribution >= 4 is 41.0 Å². The standard InChI is InChI=1S/C23H30N4O6/c1-4-6-12-24-21(31)18(7-5-2)27-19(10-11-20(29)30)22(32)26-17-9-8-15(25-14(3)28)13-16(17)23(27)33/h5,7-9,13,18-19H,4,6,10-12H2,1-3H3,(H,24,31)(H,25,28)(H,26,32)(H,29,30)/b7-5+/t18?,19-/m0/s1. The van der Waals surface area contributed by atoms with E-state index in [-0.39, 0.29) is 30.0 Å². The SMILES string of the molecule is C/C=C/C(C(=O)NCCCC)N1C(=O)c2cc(NC(C)=O)ccc2NC(=O)[C@@H]1CCC(=O)O. The molecule has 0 saturated heterocycles. The number of allylic oxidation sites excluding steroid dienone is 1. The van der Waals surface area contributed by atoms with Crippen molar-refractivity contribution in [1.82, 2.24) is 10.2 Å². The van der Waals surface area contributed by atoms with Gasteiger partial charge >= 0.3 is 5.97 Å². The molecule has 0 fully saturated rings. The van der Waals surface area contributed by atoms with E-state index in [1.54, 1.807) is 13.0 Å². The number of carboxylic acids is 1. The highest BCUT2D eigenvalue weighted by Crippen LogP contribution is 2.29. The smallest absolute Gasteiger partial charge is 0.303 e. The van der Waals surface area contributed by atoms with Crippen LogP contribution in [0.1, 0.15) is 56.8 Å². The second kappa shape index (κ2) is 11.8. The average Bonchev–Trinajstić information content (AvgIpc) is 2.84. The number of hydrogen-bond acceptors (Lipinski definition) is 5. The zero-order chi connectivity index (χ0) is 24.5. The highest BCUT2D eigenvalue weighted by molar-refractivity contribution is 6.12. The summed E-state index contributed by atoms with van der Waals surface area (Å²) in [5, 5.41) is 17.2. The molecule has 1 unspecified atom stereocenters. The Morgan fingerprint density at radius 3 is 2.61 bits per heavy atom. The van der Waals surface area contributed by atoms with Crippen LogP contribution in [0.5, 0.6) is 0 Å².